The molecule has 1 spiro atoms. The van der Waals surface area contributed by atoms with E-state index in [-0.39, 0.29) is 25.0 Å². The molecule has 5 nitrogen and oxygen atoms in total. The van der Waals surface area contributed by atoms with Crippen LogP contribution in [0.3, 0.4) is 0 Å². The van der Waals surface area contributed by atoms with E-state index in [0.29, 0.717) is 25.7 Å². The third-order valence-electron chi connectivity index (χ3n) is 3.93. The molecule has 2 aliphatic rings. The van der Waals surface area contributed by atoms with Gasteiger partial charge in [0, 0.05) is 5.41 Å². The number of aliphatic hydroxyl groups is 2. The summed E-state index contributed by atoms with van der Waals surface area (Å²) in [7, 11) is 0. The summed E-state index contributed by atoms with van der Waals surface area (Å²) in [5.41, 5.74) is -1.34. The summed E-state index contributed by atoms with van der Waals surface area (Å²) in [5.74, 6) is -0.394. The molecule has 0 bridgehead atoms. The molecule has 15 heavy (non-hydrogen) atoms. The molecule has 0 unspecified atom stereocenters. The standard InChI is InChI=1S/C10H15NO4/c12-5-9(6-13)1-3-10(4-2-9)7(14)11-8(10)15/h12-13H,1-6H2,(H,11,14,15). The summed E-state index contributed by atoms with van der Waals surface area (Å²) < 4.78 is 0. The zero-order chi connectivity index (χ0) is 11.1. The summed E-state index contributed by atoms with van der Waals surface area (Å²) >= 11 is 0. The van der Waals surface area contributed by atoms with Crippen LogP contribution < -0.4 is 5.32 Å². The van der Waals surface area contributed by atoms with Crippen molar-refractivity contribution in [2.24, 2.45) is 10.8 Å². The van der Waals surface area contributed by atoms with Crippen molar-refractivity contribution in [1.82, 2.24) is 5.32 Å². The SMILES string of the molecule is O=C1NC(=O)C12CCC(CO)(CO)CC2. The molecule has 1 aliphatic heterocycles. The van der Waals surface area contributed by atoms with Crippen LogP contribution >= 0.6 is 0 Å². The molecule has 0 aromatic heterocycles. The van der Waals surface area contributed by atoms with Gasteiger partial charge in [0.15, 0.2) is 0 Å². The molecule has 1 saturated heterocycles. The zero-order valence-electron chi connectivity index (χ0n) is 8.45. The van der Waals surface area contributed by atoms with Gasteiger partial charge in [0.05, 0.1) is 13.2 Å². The minimum atomic E-state index is -0.839. The largest absolute Gasteiger partial charge is 0.396 e. The number of carbonyl (C=O) groups is 2. The predicted octanol–water partition coefficient (Wildman–Crippen LogP) is -0.826. The quantitative estimate of drug-likeness (QED) is 0.413. The molecule has 5 heteroatoms. The molecular formula is C10H15NO4. The fraction of sp³-hybridized carbons (Fsp3) is 0.800. The number of aliphatic hydroxyl groups excluding tert-OH is 2. The Morgan fingerprint density at radius 3 is 1.80 bits per heavy atom. The highest BCUT2D eigenvalue weighted by molar-refractivity contribution is 6.21. The first-order valence-electron chi connectivity index (χ1n) is 5.16. The summed E-state index contributed by atoms with van der Waals surface area (Å²) in [5, 5.41) is 20.6. The summed E-state index contributed by atoms with van der Waals surface area (Å²) in [6, 6.07) is 0. The first-order chi connectivity index (χ1) is 7.08. The number of amides is 2. The molecule has 0 aromatic carbocycles. The summed E-state index contributed by atoms with van der Waals surface area (Å²) in [6.07, 6.45) is 1.94. The molecule has 0 radical (unpaired) electrons. The van der Waals surface area contributed by atoms with Crippen molar-refractivity contribution in [2.75, 3.05) is 13.2 Å². The molecule has 2 fully saturated rings. The normalized spacial score (nSPS) is 27.3. The van der Waals surface area contributed by atoms with Crippen molar-refractivity contribution in [1.29, 1.82) is 0 Å². The van der Waals surface area contributed by atoms with Gasteiger partial charge in [0.25, 0.3) is 0 Å². The topological polar surface area (TPSA) is 86.6 Å². The first kappa shape index (κ1) is 10.6. The molecule has 0 atom stereocenters. The van der Waals surface area contributed by atoms with E-state index in [1.165, 1.54) is 0 Å². The number of hydrogen-bond donors (Lipinski definition) is 3. The predicted molar refractivity (Wildman–Crippen MR) is 50.7 cm³/mol. The van der Waals surface area contributed by atoms with E-state index in [1.54, 1.807) is 0 Å². The Labute approximate surface area is 87.5 Å². The van der Waals surface area contributed by atoms with Crippen LogP contribution in [0.25, 0.3) is 0 Å². The van der Waals surface area contributed by atoms with Crippen LogP contribution in [0.5, 0.6) is 0 Å². The Balaban J connectivity index is 2.09. The maximum Gasteiger partial charge on any atom is 0.242 e. The average molecular weight is 213 g/mol. The van der Waals surface area contributed by atoms with E-state index in [0.717, 1.165) is 0 Å². The lowest BCUT2D eigenvalue weighted by Crippen LogP contribution is -2.65. The Morgan fingerprint density at radius 2 is 1.47 bits per heavy atom. The van der Waals surface area contributed by atoms with Gasteiger partial charge in [-0.25, -0.2) is 0 Å². The number of β-lactam (4-membered cyclic amide) rings is 2. The van der Waals surface area contributed by atoms with Crippen molar-refractivity contribution < 1.29 is 19.8 Å². The fourth-order valence-corrected chi connectivity index (χ4v) is 2.41. The highest BCUT2D eigenvalue weighted by Gasteiger charge is 2.58. The van der Waals surface area contributed by atoms with Crippen molar-refractivity contribution in [3.05, 3.63) is 0 Å². The molecule has 1 aliphatic carbocycles. The van der Waals surface area contributed by atoms with Crippen molar-refractivity contribution in [3.8, 4) is 0 Å². The lowest BCUT2D eigenvalue weighted by molar-refractivity contribution is -0.163. The van der Waals surface area contributed by atoms with Crippen LogP contribution in [0.4, 0.5) is 0 Å². The lowest BCUT2D eigenvalue weighted by atomic mass is 9.60. The highest BCUT2D eigenvalue weighted by atomic mass is 16.3. The average Bonchev–Trinajstić information content (AvgIpc) is 2.29. The van der Waals surface area contributed by atoms with Gasteiger partial charge in [-0.1, -0.05) is 0 Å². The monoisotopic (exact) mass is 213 g/mol. The van der Waals surface area contributed by atoms with Crippen molar-refractivity contribution in [2.45, 2.75) is 25.7 Å². The van der Waals surface area contributed by atoms with Gasteiger partial charge in [-0.15, -0.1) is 0 Å². The van der Waals surface area contributed by atoms with E-state index in [2.05, 4.69) is 5.32 Å². The first-order valence-corrected chi connectivity index (χ1v) is 5.16. The van der Waals surface area contributed by atoms with Crippen molar-refractivity contribution in [3.63, 3.8) is 0 Å². The Morgan fingerprint density at radius 1 is 1.00 bits per heavy atom. The van der Waals surface area contributed by atoms with Gasteiger partial charge < -0.3 is 10.2 Å². The zero-order valence-corrected chi connectivity index (χ0v) is 8.45. The van der Waals surface area contributed by atoms with Crippen LogP contribution in [-0.4, -0.2) is 35.2 Å². The molecule has 1 saturated carbocycles. The lowest BCUT2D eigenvalue weighted by Gasteiger charge is -2.47. The van der Waals surface area contributed by atoms with Gasteiger partial charge in [-0.05, 0) is 25.7 Å². The molecule has 1 heterocycles. The maximum atomic E-state index is 11.3. The van der Waals surface area contributed by atoms with E-state index < -0.39 is 10.8 Å². The van der Waals surface area contributed by atoms with E-state index >= 15 is 0 Å². The molecule has 2 amide bonds. The number of hydrogen-bond acceptors (Lipinski definition) is 4. The molecular weight excluding hydrogens is 198 g/mol. The Hall–Kier alpha value is -0.940. The van der Waals surface area contributed by atoms with Gasteiger partial charge in [0.1, 0.15) is 5.41 Å². The summed E-state index contributed by atoms with van der Waals surface area (Å²) in [6.45, 7) is -0.176. The van der Waals surface area contributed by atoms with Crippen LogP contribution in [0, 0.1) is 10.8 Å². The van der Waals surface area contributed by atoms with E-state index in [9.17, 15) is 19.8 Å². The molecule has 0 aromatic rings. The van der Waals surface area contributed by atoms with Gasteiger partial charge in [0.2, 0.25) is 11.8 Å². The van der Waals surface area contributed by atoms with Crippen LogP contribution in [0.2, 0.25) is 0 Å². The van der Waals surface area contributed by atoms with Crippen molar-refractivity contribution >= 4 is 11.8 Å². The van der Waals surface area contributed by atoms with Gasteiger partial charge >= 0.3 is 0 Å². The molecule has 84 valence electrons. The van der Waals surface area contributed by atoms with Gasteiger partial charge in [-0.2, -0.15) is 0 Å². The summed E-state index contributed by atoms with van der Waals surface area (Å²) in [4.78, 5) is 22.7. The minimum absolute atomic E-state index is 0.0879. The fourth-order valence-electron chi connectivity index (χ4n) is 2.41. The smallest absolute Gasteiger partial charge is 0.242 e. The number of rotatable bonds is 2. The number of nitrogens with one attached hydrogen (secondary N) is 1. The number of imide groups is 1. The van der Waals surface area contributed by atoms with Crippen LogP contribution in [-0.2, 0) is 9.59 Å². The van der Waals surface area contributed by atoms with E-state index in [4.69, 9.17) is 0 Å². The second-order valence-electron chi connectivity index (χ2n) is 4.68. The van der Waals surface area contributed by atoms with Gasteiger partial charge in [-0.3, -0.25) is 14.9 Å². The Kier molecular flexibility index (Phi) is 2.31. The second kappa shape index (κ2) is 3.28. The molecule has 3 N–H and O–H groups in total. The third kappa shape index (κ3) is 1.30. The van der Waals surface area contributed by atoms with Crippen LogP contribution in [0.15, 0.2) is 0 Å². The highest BCUT2D eigenvalue weighted by Crippen LogP contribution is 2.48. The number of carbonyl (C=O) groups excluding carboxylic acids is 2. The van der Waals surface area contributed by atoms with Crippen LogP contribution in [0.1, 0.15) is 25.7 Å². The molecule has 2 rings (SSSR count). The van der Waals surface area contributed by atoms with E-state index in [1.807, 2.05) is 0 Å². The second-order valence-corrected chi connectivity index (χ2v) is 4.68. The third-order valence-corrected chi connectivity index (χ3v) is 3.93. The minimum Gasteiger partial charge on any atom is -0.396 e. The maximum absolute atomic E-state index is 11.3. The Bertz CT molecular complexity index is 283.